The molecule has 20 heavy (non-hydrogen) atoms. The Morgan fingerprint density at radius 2 is 1.70 bits per heavy atom. The van der Waals surface area contributed by atoms with Crippen molar-refractivity contribution in [3.63, 3.8) is 0 Å². The second-order valence-corrected chi connectivity index (χ2v) is 5.36. The highest BCUT2D eigenvalue weighted by atomic mass is 79.9. The molecule has 5 heteroatoms. The molecule has 2 rings (SSSR count). The summed E-state index contributed by atoms with van der Waals surface area (Å²) < 4.78 is 28.4. The van der Waals surface area contributed by atoms with Crippen molar-refractivity contribution < 1.29 is 8.78 Å². The molecule has 0 unspecified atom stereocenters. The second-order valence-electron chi connectivity index (χ2n) is 4.44. The van der Waals surface area contributed by atoms with Crippen LogP contribution in [0.3, 0.4) is 0 Å². The standard InChI is InChI=1S/C15H11BrF2N2/c1-8-5-11(16)6-9(2)15(8)20-12-4-3-10(7-19)13(17)14(12)18/h3-6,20H,1-2H3. The zero-order valence-electron chi connectivity index (χ0n) is 10.9. The molecule has 0 radical (unpaired) electrons. The van der Waals surface area contributed by atoms with Crippen molar-refractivity contribution >= 4 is 27.3 Å². The fourth-order valence-corrected chi connectivity index (χ4v) is 2.66. The molecule has 0 spiro atoms. The monoisotopic (exact) mass is 336 g/mol. The van der Waals surface area contributed by atoms with E-state index in [9.17, 15) is 8.78 Å². The zero-order chi connectivity index (χ0) is 14.9. The van der Waals surface area contributed by atoms with Crippen molar-refractivity contribution in [3.8, 4) is 6.07 Å². The van der Waals surface area contributed by atoms with Crippen molar-refractivity contribution in [2.24, 2.45) is 0 Å². The molecule has 0 aromatic heterocycles. The predicted molar refractivity (Wildman–Crippen MR) is 78.0 cm³/mol. The molecular formula is C15H11BrF2N2. The van der Waals surface area contributed by atoms with E-state index in [-0.39, 0.29) is 11.3 Å². The van der Waals surface area contributed by atoms with Crippen LogP contribution in [0.1, 0.15) is 16.7 Å². The number of hydrogen-bond donors (Lipinski definition) is 1. The summed E-state index contributed by atoms with van der Waals surface area (Å²) in [6.45, 7) is 3.75. The lowest BCUT2D eigenvalue weighted by Crippen LogP contribution is -2.01. The van der Waals surface area contributed by atoms with Gasteiger partial charge >= 0.3 is 0 Å². The summed E-state index contributed by atoms with van der Waals surface area (Å²) in [5.41, 5.74) is 2.23. The molecule has 0 aliphatic heterocycles. The number of nitrogens with zero attached hydrogens (tertiary/aromatic N) is 1. The molecule has 1 N–H and O–H groups in total. The van der Waals surface area contributed by atoms with Gasteiger partial charge in [0, 0.05) is 10.2 Å². The van der Waals surface area contributed by atoms with Gasteiger partial charge in [-0.15, -0.1) is 0 Å². The highest BCUT2D eigenvalue weighted by Crippen LogP contribution is 2.30. The Bertz CT molecular complexity index is 698. The predicted octanol–water partition coefficient (Wildman–Crippen LogP) is 4.96. The van der Waals surface area contributed by atoms with E-state index in [4.69, 9.17) is 5.26 Å². The third-order valence-corrected chi connectivity index (χ3v) is 3.42. The van der Waals surface area contributed by atoms with Gasteiger partial charge in [-0.05, 0) is 49.2 Å². The first kappa shape index (κ1) is 14.5. The Hall–Kier alpha value is -1.93. The first-order valence-electron chi connectivity index (χ1n) is 5.86. The zero-order valence-corrected chi connectivity index (χ0v) is 12.5. The summed E-state index contributed by atoms with van der Waals surface area (Å²) in [6.07, 6.45) is 0. The summed E-state index contributed by atoms with van der Waals surface area (Å²) in [7, 11) is 0. The van der Waals surface area contributed by atoms with E-state index in [0.29, 0.717) is 0 Å². The largest absolute Gasteiger partial charge is 0.353 e. The number of hydrogen-bond acceptors (Lipinski definition) is 2. The Morgan fingerprint density at radius 1 is 1.10 bits per heavy atom. The summed E-state index contributed by atoms with van der Waals surface area (Å²) >= 11 is 3.38. The molecular weight excluding hydrogens is 326 g/mol. The number of anilines is 2. The number of nitriles is 1. The van der Waals surface area contributed by atoms with Gasteiger partial charge in [-0.1, -0.05) is 15.9 Å². The number of nitrogens with one attached hydrogen (secondary N) is 1. The molecule has 0 heterocycles. The highest BCUT2D eigenvalue weighted by molar-refractivity contribution is 9.10. The van der Waals surface area contributed by atoms with Gasteiger partial charge in [0.05, 0.1) is 11.3 Å². The molecule has 0 amide bonds. The van der Waals surface area contributed by atoms with Crippen molar-refractivity contribution in [2.75, 3.05) is 5.32 Å². The van der Waals surface area contributed by atoms with E-state index in [1.54, 1.807) is 6.07 Å². The van der Waals surface area contributed by atoms with Crippen LogP contribution in [0.25, 0.3) is 0 Å². The highest BCUT2D eigenvalue weighted by Gasteiger charge is 2.14. The number of rotatable bonds is 2. The van der Waals surface area contributed by atoms with Gasteiger partial charge in [0.15, 0.2) is 11.6 Å². The molecule has 0 saturated heterocycles. The van der Waals surface area contributed by atoms with Crippen molar-refractivity contribution in [1.82, 2.24) is 0 Å². The average molecular weight is 337 g/mol. The van der Waals surface area contributed by atoms with Crippen molar-refractivity contribution in [3.05, 3.63) is 57.1 Å². The normalized spacial score (nSPS) is 10.2. The molecule has 0 bridgehead atoms. The van der Waals surface area contributed by atoms with Gasteiger partial charge in [-0.2, -0.15) is 5.26 Å². The summed E-state index contributed by atoms with van der Waals surface area (Å²) in [5, 5.41) is 11.5. The third kappa shape index (κ3) is 2.66. The van der Waals surface area contributed by atoms with Crippen LogP contribution in [0.2, 0.25) is 0 Å². The third-order valence-electron chi connectivity index (χ3n) is 2.96. The molecule has 2 aromatic rings. The minimum absolute atomic E-state index is 0.00928. The summed E-state index contributed by atoms with van der Waals surface area (Å²) in [4.78, 5) is 0. The Balaban J connectivity index is 2.47. The quantitative estimate of drug-likeness (QED) is 0.841. The van der Waals surface area contributed by atoms with E-state index in [1.165, 1.54) is 12.1 Å². The SMILES string of the molecule is Cc1cc(Br)cc(C)c1Nc1ccc(C#N)c(F)c1F. The van der Waals surface area contributed by atoms with Gasteiger partial charge in [-0.3, -0.25) is 0 Å². The average Bonchev–Trinajstić information content (AvgIpc) is 2.38. The van der Waals surface area contributed by atoms with Gasteiger partial charge in [-0.25, -0.2) is 8.78 Å². The maximum absolute atomic E-state index is 13.9. The van der Waals surface area contributed by atoms with Crippen LogP contribution >= 0.6 is 15.9 Å². The lowest BCUT2D eigenvalue weighted by atomic mass is 10.1. The fourth-order valence-electron chi connectivity index (χ4n) is 1.97. The molecule has 0 fully saturated rings. The smallest absolute Gasteiger partial charge is 0.183 e. The van der Waals surface area contributed by atoms with Crippen LogP contribution in [0.15, 0.2) is 28.7 Å². The van der Waals surface area contributed by atoms with Gasteiger partial charge < -0.3 is 5.32 Å². The molecule has 102 valence electrons. The fraction of sp³-hybridized carbons (Fsp3) is 0.133. The molecule has 0 atom stereocenters. The maximum Gasteiger partial charge on any atom is 0.183 e. The maximum atomic E-state index is 13.9. The number of halogens is 3. The second kappa shape index (κ2) is 5.59. The first-order chi connectivity index (χ1) is 9.43. The van der Waals surface area contributed by atoms with Gasteiger partial charge in [0.2, 0.25) is 0 Å². The molecule has 2 aromatic carbocycles. The van der Waals surface area contributed by atoms with E-state index in [1.807, 2.05) is 26.0 Å². The van der Waals surface area contributed by atoms with E-state index < -0.39 is 11.6 Å². The lowest BCUT2D eigenvalue weighted by Gasteiger charge is -2.14. The minimum atomic E-state index is -1.13. The minimum Gasteiger partial charge on any atom is -0.353 e. The van der Waals surface area contributed by atoms with Crippen LogP contribution in [-0.2, 0) is 0 Å². The van der Waals surface area contributed by atoms with E-state index in [2.05, 4.69) is 21.2 Å². The molecule has 2 nitrogen and oxygen atoms in total. The van der Waals surface area contributed by atoms with Gasteiger partial charge in [0.25, 0.3) is 0 Å². The van der Waals surface area contributed by atoms with Crippen LogP contribution in [-0.4, -0.2) is 0 Å². The van der Waals surface area contributed by atoms with Crippen molar-refractivity contribution in [1.29, 1.82) is 5.26 Å². The first-order valence-corrected chi connectivity index (χ1v) is 6.65. The van der Waals surface area contributed by atoms with Crippen molar-refractivity contribution in [2.45, 2.75) is 13.8 Å². The van der Waals surface area contributed by atoms with Crippen LogP contribution in [0.4, 0.5) is 20.2 Å². The Morgan fingerprint density at radius 3 is 2.25 bits per heavy atom. The lowest BCUT2D eigenvalue weighted by molar-refractivity contribution is 0.509. The van der Waals surface area contributed by atoms with Crippen LogP contribution in [0, 0.1) is 36.8 Å². The van der Waals surface area contributed by atoms with Gasteiger partial charge in [0.1, 0.15) is 6.07 Å². The Labute approximate surface area is 124 Å². The van der Waals surface area contributed by atoms with E-state index >= 15 is 0 Å². The molecule has 0 aliphatic rings. The van der Waals surface area contributed by atoms with Crippen LogP contribution < -0.4 is 5.32 Å². The summed E-state index contributed by atoms with van der Waals surface area (Å²) in [5.74, 6) is -2.18. The molecule has 0 saturated carbocycles. The number of benzene rings is 2. The van der Waals surface area contributed by atoms with Crippen LogP contribution in [0.5, 0.6) is 0 Å². The topological polar surface area (TPSA) is 35.8 Å². The Kier molecular flexibility index (Phi) is 4.05. The number of aryl methyl sites for hydroxylation is 2. The molecule has 0 aliphatic carbocycles. The van der Waals surface area contributed by atoms with E-state index in [0.717, 1.165) is 21.3 Å². The summed E-state index contributed by atoms with van der Waals surface area (Å²) in [6, 6.07) is 7.99.